The normalized spacial score (nSPS) is 16.5. The smallest absolute Gasteiger partial charge is 0.239 e. The summed E-state index contributed by atoms with van der Waals surface area (Å²) in [4.78, 5) is 28.6. The number of hydrogen-bond donors (Lipinski definition) is 1. The lowest BCUT2D eigenvalue weighted by atomic mass is 9.94. The predicted octanol–water partition coefficient (Wildman–Crippen LogP) is 0.212. The Morgan fingerprint density at radius 2 is 2.00 bits per heavy atom. The van der Waals surface area contributed by atoms with Crippen molar-refractivity contribution in [1.82, 2.24) is 4.90 Å². The standard InChI is InChI=1S/C22H26N2O6/c1-23(2)10-6-11-24-19(15-9-8-14(28-3)13-17(15)29-4)18(21(26)22(24)27)20(25)16-7-5-12-30-16/h5,7-9,12-13,19,26H,6,10-11H2,1-4H3. The first-order valence-electron chi connectivity index (χ1n) is 9.70. The Bertz CT molecular complexity index is 949. The summed E-state index contributed by atoms with van der Waals surface area (Å²) in [5, 5.41) is 12.9. The SMILES string of the molecule is COc1ccc(C2C(C(=O)c3ccco3)=C([O-])C(=O)N2CCC[NH+](C)C)c(OC)c1. The molecule has 0 bridgehead atoms. The second-order valence-corrected chi connectivity index (χ2v) is 7.37. The van der Waals surface area contributed by atoms with Gasteiger partial charge in [0, 0.05) is 30.2 Å². The molecule has 0 spiro atoms. The number of hydrogen-bond acceptors (Lipinski definition) is 6. The largest absolute Gasteiger partial charge is 0.868 e. The van der Waals surface area contributed by atoms with Crippen LogP contribution < -0.4 is 19.5 Å². The molecule has 1 aliphatic heterocycles. The second-order valence-electron chi connectivity index (χ2n) is 7.37. The van der Waals surface area contributed by atoms with Crippen molar-refractivity contribution in [3.63, 3.8) is 0 Å². The molecule has 1 aromatic heterocycles. The number of nitrogens with zero attached hydrogens (tertiary/aromatic N) is 1. The number of carbonyl (C=O) groups excluding carboxylic acids is 2. The number of methoxy groups -OCH3 is 2. The number of ether oxygens (including phenoxy) is 2. The summed E-state index contributed by atoms with van der Waals surface area (Å²) in [6, 6.07) is 7.28. The first-order chi connectivity index (χ1) is 14.4. The van der Waals surface area contributed by atoms with Crippen LogP contribution in [0.3, 0.4) is 0 Å². The molecule has 0 saturated heterocycles. The number of carbonyl (C=O) groups is 2. The molecule has 0 saturated carbocycles. The molecule has 30 heavy (non-hydrogen) atoms. The van der Waals surface area contributed by atoms with Crippen molar-refractivity contribution < 1.29 is 33.5 Å². The van der Waals surface area contributed by atoms with Crippen LogP contribution in [-0.2, 0) is 4.79 Å². The van der Waals surface area contributed by atoms with E-state index < -0.39 is 23.5 Å². The molecule has 1 N–H and O–H groups in total. The van der Waals surface area contributed by atoms with Crippen molar-refractivity contribution in [2.75, 3.05) is 41.4 Å². The third-order valence-corrected chi connectivity index (χ3v) is 5.09. The Morgan fingerprint density at radius 1 is 1.23 bits per heavy atom. The molecule has 0 aliphatic carbocycles. The van der Waals surface area contributed by atoms with Crippen LogP contribution in [-0.4, -0.2) is 58.0 Å². The summed E-state index contributed by atoms with van der Waals surface area (Å²) in [7, 11) is 7.05. The van der Waals surface area contributed by atoms with Gasteiger partial charge in [-0.2, -0.15) is 0 Å². The van der Waals surface area contributed by atoms with E-state index in [0.29, 0.717) is 30.0 Å². The number of Topliss-reactive ketones (excluding diaryl/α,β-unsaturated/α-hetero) is 1. The second kappa shape index (κ2) is 9.04. The number of benzene rings is 1. The molecule has 0 radical (unpaired) electrons. The molecule has 1 amide bonds. The Hall–Kier alpha value is -3.26. The first kappa shape index (κ1) is 21.4. The average molecular weight is 414 g/mol. The van der Waals surface area contributed by atoms with Crippen LogP contribution in [0.25, 0.3) is 0 Å². The molecular weight excluding hydrogens is 388 g/mol. The van der Waals surface area contributed by atoms with Gasteiger partial charge in [-0.25, -0.2) is 0 Å². The van der Waals surface area contributed by atoms with Crippen molar-refractivity contribution in [3.8, 4) is 11.5 Å². The molecule has 2 heterocycles. The van der Waals surface area contributed by atoms with E-state index in [9.17, 15) is 14.7 Å². The van der Waals surface area contributed by atoms with Crippen LogP contribution in [0.4, 0.5) is 0 Å². The lowest BCUT2D eigenvalue weighted by molar-refractivity contribution is -0.858. The molecule has 1 atom stereocenters. The van der Waals surface area contributed by atoms with E-state index in [1.807, 2.05) is 14.1 Å². The summed E-state index contributed by atoms with van der Waals surface area (Å²) in [5.41, 5.74) is 0.417. The van der Waals surface area contributed by atoms with Crippen LogP contribution in [0.1, 0.15) is 28.6 Å². The van der Waals surface area contributed by atoms with Crippen molar-refractivity contribution in [2.45, 2.75) is 12.5 Å². The number of ketones is 1. The third-order valence-electron chi connectivity index (χ3n) is 5.09. The van der Waals surface area contributed by atoms with Crippen LogP contribution in [0.15, 0.2) is 52.3 Å². The van der Waals surface area contributed by atoms with Crippen molar-refractivity contribution in [1.29, 1.82) is 0 Å². The predicted molar refractivity (Wildman–Crippen MR) is 106 cm³/mol. The van der Waals surface area contributed by atoms with Crippen LogP contribution in [0.5, 0.6) is 11.5 Å². The minimum atomic E-state index is -0.861. The third kappa shape index (κ3) is 4.04. The van der Waals surface area contributed by atoms with E-state index in [0.717, 1.165) is 6.54 Å². The van der Waals surface area contributed by atoms with Gasteiger partial charge in [0.2, 0.25) is 11.7 Å². The summed E-state index contributed by atoms with van der Waals surface area (Å²) in [6.07, 6.45) is 2.04. The van der Waals surface area contributed by atoms with Gasteiger partial charge in [-0.3, -0.25) is 9.59 Å². The molecule has 1 unspecified atom stereocenters. The number of rotatable bonds is 9. The lowest BCUT2D eigenvalue weighted by Gasteiger charge is -2.29. The van der Waals surface area contributed by atoms with Gasteiger partial charge in [0.1, 0.15) is 11.5 Å². The maximum absolute atomic E-state index is 13.1. The zero-order chi connectivity index (χ0) is 21.8. The number of amides is 1. The fourth-order valence-corrected chi connectivity index (χ4v) is 3.61. The molecule has 8 heteroatoms. The minimum absolute atomic E-state index is 0.0169. The zero-order valence-corrected chi connectivity index (χ0v) is 17.6. The Morgan fingerprint density at radius 3 is 2.60 bits per heavy atom. The van der Waals surface area contributed by atoms with Crippen LogP contribution in [0, 0.1) is 0 Å². The van der Waals surface area contributed by atoms with Gasteiger partial charge in [0.15, 0.2) is 5.76 Å². The highest BCUT2D eigenvalue weighted by molar-refractivity contribution is 6.14. The number of nitrogens with one attached hydrogen (secondary N) is 1. The highest BCUT2D eigenvalue weighted by Crippen LogP contribution is 2.42. The van der Waals surface area contributed by atoms with Crippen molar-refractivity contribution >= 4 is 11.7 Å². The topological polar surface area (TPSA) is 96.5 Å². The van der Waals surface area contributed by atoms with Gasteiger partial charge in [0.25, 0.3) is 0 Å². The molecule has 1 aromatic carbocycles. The van der Waals surface area contributed by atoms with E-state index in [-0.39, 0.29) is 11.3 Å². The van der Waals surface area contributed by atoms with E-state index in [1.54, 1.807) is 24.3 Å². The zero-order valence-electron chi connectivity index (χ0n) is 17.6. The minimum Gasteiger partial charge on any atom is -0.868 e. The first-order valence-corrected chi connectivity index (χ1v) is 9.70. The van der Waals surface area contributed by atoms with E-state index in [4.69, 9.17) is 13.9 Å². The Labute approximate surface area is 175 Å². The molecule has 0 fully saturated rings. The van der Waals surface area contributed by atoms with E-state index in [2.05, 4.69) is 0 Å². The summed E-state index contributed by atoms with van der Waals surface area (Å²) in [5.74, 6) is -1.09. The van der Waals surface area contributed by atoms with Gasteiger partial charge >= 0.3 is 0 Å². The highest BCUT2D eigenvalue weighted by atomic mass is 16.5. The molecule has 2 aromatic rings. The Balaban J connectivity index is 2.08. The maximum Gasteiger partial charge on any atom is 0.239 e. The van der Waals surface area contributed by atoms with Crippen LogP contribution in [0.2, 0.25) is 0 Å². The van der Waals surface area contributed by atoms with Gasteiger partial charge in [0.05, 0.1) is 47.2 Å². The number of furan rings is 1. The number of quaternary nitrogens is 1. The molecular formula is C22H26N2O6. The average Bonchev–Trinajstić information content (AvgIpc) is 3.35. The van der Waals surface area contributed by atoms with Gasteiger partial charge in [-0.15, -0.1) is 0 Å². The van der Waals surface area contributed by atoms with E-state index >= 15 is 0 Å². The van der Waals surface area contributed by atoms with Gasteiger partial charge in [-0.1, -0.05) is 0 Å². The molecule has 1 aliphatic rings. The van der Waals surface area contributed by atoms with Gasteiger partial charge < -0.3 is 28.8 Å². The quantitative estimate of drug-likeness (QED) is 0.590. The van der Waals surface area contributed by atoms with E-state index in [1.165, 1.54) is 36.3 Å². The summed E-state index contributed by atoms with van der Waals surface area (Å²) in [6.45, 7) is 1.15. The molecule has 160 valence electrons. The lowest BCUT2D eigenvalue weighted by Crippen LogP contribution is -3.05. The Kier molecular flexibility index (Phi) is 6.47. The van der Waals surface area contributed by atoms with Gasteiger partial charge in [-0.05, 0) is 30.0 Å². The molecule has 3 rings (SSSR count). The molecule has 8 nitrogen and oxygen atoms in total. The summed E-state index contributed by atoms with van der Waals surface area (Å²) >= 11 is 0. The maximum atomic E-state index is 13.1. The monoisotopic (exact) mass is 414 g/mol. The highest BCUT2D eigenvalue weighted by Gasteiger charge is 2.41. The fourth-order valence-electron chi connectivity index (χ4n) is 3.61. The summed E-state index contributed by atoms with van der Waals surface area (Å²) < 4.78 is 16.0. The fraction of sp³-hybridized carbons (Fsp3) is 0.364. The van der Waals surface area contributed by atoms with Crippen molar-refractivity contribution in [2.24, 2.45) is 0 Å². The van der Waals surface area contributed by atoms with Crippen molar-refractivity contribution in [3.05, 3.63) is 59.3 Å². The van der Waals surface area contributed by atoms with Crippen LogP contribution >= 0.6 is 0 Å².